The van der Waals surface area contributed by atoms with Crippen molar-refractivity contribution in [2.45, 2.75) is 13.5 Å². The smallest absolute Gasteiger partial charge is 0.266 e. The van der Waals surface area contributed by atoms with E-state index in [9.17, 15) is 4.79 Å². The van der Waals surface area contributed by atoms with Crippen molar-refractivity contribution in [3.63, 3.8) is 0 Å². The van der Waals surface area contributed by atoms with Crippen LogP contribution >= 0.6 is 24.0 Å². The highest BCUT2D eigenvalue weighted by atomic mass is 32.2. The Labute approximate surface area is 168 Å². The molecular formula is C21H18N2O2S2. The molecule has 2 aromatic carbocycles. The lowest BCUT2D eigenvalue weighted by atomic mass is 10.2. The Balaban J connectivity index is 1.54. The van der Waals surface area contributed by atoms with E-state index >= 15 is 0 Å². The Morgan fingerprint density at radius 2 is 1.78 bits per heavy atom. The summed E-state index contributed by atoms with van der Waals surface area (Å²) in [6.45, 7) is 3.34. The van der Waals surface area contributed by atoms with E-state index < -0.39 is 0 Å². The van der Waals surface area contributed by atoms with E-state index in [0.717, 1.165) is 23.5 Å². The van der Waals surface area contributed by atoms with Gasteiger partial charge in [0.25, 0.3) is 5.91 Å². The van der Waals surface area contributed by atoms with Crippen LogP contribution in [0.4, 0.5) is 5.69 Å². The molecule has 0 spiro atoms. The number of anilines is 1. The van der Waals surface area contributed by atoms with Crippen molar-refractivity contribution in [1.29, 1.82) is 0 Å². The molecule has 1 saturated heterocycles. The minimum Gasteiger partial charge on any atom is -0.439 e. The maximum atomic E-state index is 12.8. The van der Waals surface area contributed by atoms with Gasteiger partial charge in [0.05, 0.1) is 17.1 Å². The SMILES string of the molecule is CCN1/C(=C/C=C2\SC(=S)N(Cc3ccccc3)C2=O)Oc2ccccc21. The average molecular weight is 395 g/mol. The molecule has 2 heterocycles. The number of amides is 1. The van der Waals surface area contributed by atoms with Crippen molar-refractivity contribution >= 4 is 39.9 Å². The zero-order valence-corrected chi connectivity index (χ0v) is 16.4. The van der Waals surface area contributed by atoms with Gasteiger partial charge in [0.2, 0.25) is 5.88 Å². The molecular weight excluding hydrogens is 376 g/mol. The molecule has 0 aliphatic carbocycles. The van der Waals surface area contributed by atoms with Crippen LogP contribution in [-0.4, -0.2) is 21.7 Å². The van der Waals surface area contributed by atoms with Gasteiger partial charge in [0.15, 0.2) is 5.75 Å². The number of hydrogen-bond donors (Lipinski definition) is 0. The zero-order chi connectivity index (χ0) is 18.8. The van der Waals surface area contributed by atoms with Crippen molar-refractivity contribution in [1.82, 2.24) is 4.90 Å². The summed E-state index contributed by atoms with van der Waals surface area (Å²) >= 11 is 6.74. The van der Waals surface area contributed by atoms with E-state index in [1.807, 2.05) is 60.7 Å². The molecule has 0 N–H and O–H groups in total. The normalized spacial score (nSPS) is 19.1. The van der Waals surface area contributed by atoms with Gasteiger partial charge in [-0.1, -0.05) is 66.4 Å². The monoisotopic (exact) mass is 394 g/mol. The molecule has 0 bridgehead atoms. The maximum absolute atomic E-state index is 12.8. The summed E-state index contributed by atoms with van der Waals surface area (Å²) < 4.78 is 6.51. The van der Waals surface area contributed by atoms with Gasteiger partial charge >= 0.3 is 0 Å². The molecule has 2 aliphatic rings. The van der Waals surface area contributed by atoms with Gasteiger partial charge in [-0.15, -0.1) is 0 Å². The number of thiocarbonyl (C=S) groups is 1. The van der Waals surface area contributed by atoms with Crippen LogP contribution in [0.3, 0.4) is 0 Å². The molecule has 2 aromatic rings. The highest BCUT2D eigenvalue weighted by Crippen LogP contribution is 2.39. The summed E-state index contributed by atoms with van der Waals surface area (Å²) in [5, 5.41) is 0. The molecule has 2 aliphatic heterocycles. The lowest BCUT2D eigenvalue weighted by Gasteiger charge is -2.15. The molecule has 1 amide bonds. The number of carbonyl (C=O) groups excluding carboxylic acids is 1. The number of rotatable bonds is 4. The van der Waals surface area contributed by atoms with E-state index in [-0.39, 0.29) is 5.91 Å². The molecule has 4 nitrogen and oxygen atoms in total. The Kier molecular flexibility index (Phi) is 5.01. The number of benzene rings is 2. The fraction of sp³-hybridized carbons (Fsp3) is 0.143. The Hall–Kier alpha value is -2.57. The molecule has 27 heavy (non-hydrogen) atoms. The van der Waals surface area contributed by atoms with E-state index in [4.69, 9.17) is 17.0 Å². The number of allylic oxidation sites excluding steroid dienone is 2. The number of hydrogen-bond acceptors (Lipinski definition) is 5. The summed E-state index contributed by atoms with van der Waals surface area (Å²) in [7, 11) is 0. The van der Waals surface area contributed by atoms with Crippen LogP contribution in [0.25, 0.3) is 0 Å². The third kappa shape index (κ3) is 3.50. The molecule has 136 valence electrons. The number of carbonyl (C=O) groups is 1. The highest BCUT2D eigenvalue weighted by molar-refractivity contribution is 8.26. The van der Waals surface area contributed by atoms with Crippen LogP contribution in [0.1, 0.15) is 12.5 Å². The van der Waals surface area contributed by atoms with Crippen molar-refractivity contribution in [3.8, 4) is 5.75 Å². The third-order valence-electron chi connectivity index (χ3n) is 4.39. The third-order valence-corrected chi connectivity index (χ3v) is 5.78. The summed E-state index contributed by atoms with van der Waals surface area (Å²) in [6, 6.07) is 17.8. The van der Waals surface area contributed by atoms with Gasteiger partial charge in [0, 0.05) is 12.6 Å². The first-order valence-corrected chi connectivity index (χ1v) is 9.94. The van der Waals surface area contributed by atoms with Crippen LogP contribution < -0.4 is 9.64 Å². The summed E-state index contributed by atoms with van der Waals surface area (Å²) in [5.74, 6) is 1.48. The standard InChI is InChI=1S/C21H18N2O2S2/c1-2-22-16-10-6-7-11-17(16)25-19(22)13-12-18-20(24)23(21(26)27-18)14-15-8-4-3-5-9-15/h3-13H,2,14H2,1H3/b18-12-,19-13-. The largest absolute Gasteiger partial charge is 0.439 e. The van der Waals surface area contributed by atoms with Gasteiger partial charge < -0.3 is 9.64 Å². The van der Waals surface area contributed by atoms with Gasteiger partial charge in [0.1, 0.15) is 4.32 Å². The topological polar surface area (TPSA) is 32.8 Å². The van der Waals surface area contributed by atoms with Crippen LogP contribution in [0.15, 0.2) is 77.5 Å². The minimum absolute atomic E-state index is 0.0655. The number of para-hydroxylation sites is 2. The number of fused-ring (bicyclic) bond motifs is 1. The second kappa shape index (κ2) is 7.58. The number of ether oxygens (including phenoxy) is 1. The Morgan fingerprint density at radius 1 is 1.04 bits per heavy atom. The molecule has 0 saturated carbocycles. The Morgan fingerprint density at radius 3 is 2.56 bits per heavy atom. The zero-order valence-electron chi connectivity index (χ0n) is 14.8. The van der Waals surface area contributed by atoms with Crippen LogP contribution in [0.5, 0.6) is 5.75 Å². The molecule has 6 heteroatoms. The average Bonchev–Trinajstić information content (AvgIpc) is 3.18. The molecule has 0 radical (unpaired) electrons. The maximum Gasteiger partial charge on any atom is 0.266 e. The van der Waals surface area contributed by atoms with E-state index in [1.165, 1.54) is 11.8 Å². The second-order valence-electron chi connectivity index (χ2n) is 6.09. The Bertz CT molecular complexity index is 954. The molecule has 4 rings (SSSR count). The van der Waals surface area contributed by atoms with Gasteiger partial charge in [-0.2, -0.15) is 0 Å². The highest BCUT2D eigenvalue weighted by Gasteiger charge is 2.32. The fourth-order valence-corrected chi connectivity index (χ4v) is 4.26. The van der Waals surface area contributed by atoms with Gasteiger partial charge in [-0.05, 0) is 30.7 Å². The predicted octanol–water partition coefficient (Wildman–Crippen LogP) is 4.69. The van der Waals surface area contributed by atoms with Crippen molar-refractivity contribution in [3.05, 3.63) is 83.1 Å². The molecule has 0 aromatic heterocycles. The summed E-state index contributed by atoms with van der Waals surface area (Å²) in [5.41, 5.74) is 2.09. The van der Waals surface area contributed by atoms with Gasteiger partial charge in [-0.3, -0.25) is 9.69 Å². The first-order valence-electron chi connectivity index (χ1n) is 8.71. The van der Waals surface area contributed by atoms with Crippen molar-refractivity contribution in [2.75, 3.05) is 11.4 Å². The fourth-order valence-electron chi connectivity index (χ4n) is 3.07. The van der Waals surface area contributed by atoms with E-state index in [0.29, 0.717) is 21.7 Å². The number of nitrogens with zero attached hydrogens (tertiary/aromatic N) is 2. The molecule has 0 atom stereocenters. The number of thioether (sulfide) groups is 1. The summed E-state index contributed by atoms with van der Waals surface area (Å²) in [4.78, 5) is 17.1. The first kappa shape index (κ1) is 17.8. The van der Waals surface area contributed by atoms with Crippen LogP contribution in [0.2, 0.25) is 0 Å². The predicted molar refractivity (Wildman–Crippen MR) is 113 cm³/mol. The quantitative estimate of drug-likeness (QED) is 0.555. The van der Waals surface area contributed by atoms with E-state index in [1.54, 1.807) is 11.0 Å². The van der Waals surface area contributed by atoms with Crippen LogP contribution in [-0.2, 0) is 11.3 Å². The van der Waals surface area contributed by atoms with Crippen LogP contribution in [0, 0.1) is 0 Å². The van der Waals surface area contributed by atoms with Crippen molar-refractivity contribution in [2.24, 2.45) is 0 Å². The van der Waals surface area contributed by atoms with E-state index in [2.05, 4.69) is 11.8 Å². The lowest BCUT2D eigenvalue weighted by molar-refractivity contribution is -0.122. The molecule has 0 unspecified atom stereocenters. The molecule has 1 fully saturated rings. The second-order valence-corrected chi connectivity index (χ2v) is 7.77. The minimum atomic E-state index is -0.0655. The van der Waals surface area contributed by atoms with Crippen molar-refractivity contribution < 1.29 is 9.53 Å². The lowest BCUT2D eigenvalue weighted by Crippen LogP contribution is -2.27. The van der Waals surface area contributed by atoms with Gasteiger partial charge in [-0.25, -0.2) is 0 Å². The summed E-state index contributed by atoms with van der Waals surface area (Å²) in [6.07, 6.45) is 3.65. The first-order chi connectivity index (χ1) is 13.2.